The summed E-state index contributed by atoms with van der Waals surface area (Å²) in [6, 6.07) is 0. The molecule has 2 rings (SSSR count). The van der Waals surface area contributed by atoms with Gasteiger partial charge in [-0.05, 0) is 38.5 Å². The number of hydrogen-bond acceptors (Lipinski definition) is 14. The highest BCUT2D eigenvalue weighted by atomic mass is 16.7. The van der Waals surface area contributed by atoms with Crippen LogP contribution >= 0.6 is 0 Å². The number of rotatable bonds is 37. The van der Waals surface area contributed by atoms with Crippen molar-refractivity contribution in [1.82, 2.24) is 0 Å². The van der Waals surface area contributed by atoms with E-state index in [2.05, 4.69) is 19.1 Å². The predicted octanol–water partition coefficient (Wildman–Crippen LogP) is 5.90. The number of aliphatic hydroxyl groups is 7. The van der Waals surface area contributed by atoms with Gasteiger partial charge < -0.3 is 64.2 Å². The maximum atomic E-state index is 12.5. The van der Waals surface area contributed by atoms with Crippen molar-refractivity contribution in [2.75, 3.05) is 33.0 Å². The summed E-state index contributed by atoms with van der Waals surface area (Å²) in [5, 5.41) is 71.4. The first kappa shape index (κ1) is 54.9. The summed E-state index contributed by atoms with van der Waals surface area (Å²) in [5.74, 6) is -0.410. The number of unbranched alkanes of at least 4 members (excludes halogenated alkanes) is 21. The van der Waals surface area contributed by atoms with Gasteiger partial charge >= 0.3 is 5.97 Å². The van der Waals surface area contributed by atoms with Crippen molar-refractivity contribution in [2.24, 2.45) is 0 Å². The third kappa shape index (κ3) is 23.4. The van der Waals surface area contributed by atoms with Crippen LogP contribution in [0.25, 0.3) is 0 Å². The smallest absolute Gasteiger partial charge is 0.306 e. The van der Waals surface area contributed by atoms with E-state index in [0.29, 0.717) is 13.0 Å². The fourth-order valence-corrected chi connectivity index (χ4v) is 7.55. The molecule has 0 aromatic rings. The van der Waals surface area contributed by atoms with E-state index in [1.807, 2.05) is 6.92 Å². The van der Waals surface area contributed by atoms with Gasteiger partial charge in [-0.3, -0.25) is 4.79 Å². The van der Waals surface area contributed by atoms with E-state index in [9.17, 15) is 40.5 Å². The number of aliphatic hydroxyl groups excluding tert-OH is 7. The number of carbonyl (C=O) groups is 1. The molecule has 60 heavy (non-hydrogen) atoms. The van der Waals surface area contributed by atoms with Crippen LogP contribution in [0.15, 0.2) is 12.2 Å². The lowest BCUT2D eigenvalue weighted by Gasteiger charge is -2.42. The van der Waals surface area contributed by atoms with Gasteiger partial charge in [-0.1, -0.05) is 142 Å². The molecule has 0 aromatic carbocycles. The fourth-order valence-electron chi connectivity index (χ4n) is 7.55. The molecule has 354 valence electrons. The minimum atomic E-state index is -1.70. The van der Waals surface area contributed by atoms with Crippen molar-refractivity contribution < 1.29 is 69.0 Å². The predicted molar refractivity (Wildman–Crippen MR) is 229 cm³/mol. The fraction of sp³-hybridized carbons (Fsp3) is 0.935. The van der Waals surface area contributed by atoms with Crippen molar-refractivity contribution in [3.05, 3.63) is 12.2 Å². The van der Waals surface area contributed by atoms with Crippen molar-refractivity contribution in [3.8, 4) is 0 Å². The Morgan fingerprint density at radius 1 is 0.533 bits per heavy atom. The molecule has 11 unspecified atom stereocenters. The molecule has 11 atom stereocenters. The number of ether oxygens (including phenoxy) is 6. The Labute approximate surface area is 361 Å². The lowest BCUT2D eigenvalue weighted by molar-refractivity contribution is -0.332. The van der Waals surface area contributed by atoms with Crippen LogP contribution in [-0.2, 0) is 33.2 Å². The second-order valence-electron chi connectivity index (χ2n) is 16.9. The molecule has 14 heteroatoms. The van der Waals surface area contributed by atoms with Crippen molar-refractivity contribution in [1.29, 1.82) is 0 Å². The van der Waals surface area contributed by atoms with Crippen LogP contribution in [0, 0.1) is 0 Å². The largest absolute Gasteiger partial charge is 0.457 e. The molecule has 7 N–H and O–H groups in total. The lowest BCUT2D eigenvalue weighted by atomic mass is 9.98. The van der Waals surface area contributed by atoms with Gasteiger partial charge in [-0.2, -0.15) is 0 Å². The van der Waals surface area contributed by atoms with Gasteiger partial charge in [0.05, 0.1) is 26.4 Å². The van der Waals surface area contributed by atoms with Crippen LogP contribution < -0.4 is 0 Å². The topological polar surface area (TPSA) is 214 Å². The molecule has 0 aliphatic carbocycles. The summed E-state index contributed by atoms with van der Waals surface area (Å²) in [6.07, 6.45) is 18.6. The molecule has 0 amide bonds. The highest BCUT2D eigenvalue weighted by Crippen LogP contribution is 2.26. The SMILES string of the molecule is CCCCCCCCCC/C=C\CCCCCCCCCCCCCCOCC(COC1OC(COC2OC(CO)C(O)C(O)C2O)C(O)C(O)C1O)OC(=O)CCCC. The second kappa shape index (κ2) is 35.1. The van der Waals surface area contributed by atoms with Gasteiger partial charge in [0.15, 0.2) is 12.6 Å². The highest BCUT2D eigenvalue weighted by molar-refractivity contribution is 5.69. The maximum Gasteiger partial charge on any atom is 0.306 e. The van der Waals surface area contributed by atoms with E-state index in [4.69, 9.17) is 28.4 Å². The van der Waals surface area contributed by atoms with E-state index >= 15 is 0 Å². The Kier molecular flexibility index (Phi) is 32.1. The lowest BCUT2D eigenvalue weighted by Crippen LogP contribution is -2.61. The molecule has 14 nitrogen and oxygen atoms in total. The zero-order valence-electron chi connectivity index (χ0n) is 37.2. The molecular weight excluding hydrogens is 776 g/mol. The summed E-state index contributed by atoms with van der Waals surface area (Å²) >= 11 is 0. The Morgan fingerprint density at radius 3 is 1.50 bits per heavy atom. The van der Waals surface area contributed by atoms with E-state index in [0.717, 1.165) is 25.7 Å². The average Bonchev–Trinajstić information content (AvgIpc) is 3.25. The Morgan fingerprint density at radius 2 is 0.983 bits per heavy atom. The van der Waals surface area contributed by atoms with Crippen molar-refractivity contribution in [3.63, 3.8) is 0 Å². The van der Waals surface area contributed by atoms with Crippen LogP contribution in [0.5, 0.6) is 0 Å². The number of hydrogen-bond donors (Lipinski definition) is 7. The first-order chi connectivity index (χ1) is 29.1. The van der Waals surface area contributed by atoms with Gasteiger partial charge in [-0.25, -0.2) is 0 Å². The zero-order chi connectivity index (χ0) is 43.8. The second-order valence-corrected chi connectivity index (χ2v) is 16.9. The number of esters is 1. The van der Waals surface area contributed by atoms with Crippen LogP contribution in [0.3, 0.4) is 0 Å². The minimum Gasteiger partial charge on any atom is -0.457 e. The highest BCUT2D eigenvalue weighted by Gasteiger charge is 2.47. The molecule has 0 aromatic heterocycles. The standard InChI is InChI=1S/C46H86O14/c1-3-5-7-8-9-10-11-12-13-14-15-16-17-18-19-20-21-22-23-24-25-26-27-28-30-55-32-35(58-38(48)29-6-4-2)33-56-45-44(54)42(52)40(50)37(60-45)34-57-46-43(53)41(51)39(49)36(31-47)59-46/h14-15,35-37,39-47,49-54H,3-13,16-34H2,1-2H3/b15-14-. The van der Waals surface area contributed by atoms with Gasteiger partial charge in [0.25, 0.3) is 0 Å². The summed E-state index contributed by atoms with van der Waals surface area (Å²) in [7, 11) is 0. The van der Waals surface area contributed by atoms with Gasteiger partial charge in [-0.15, -0.1) is 0 Å². The van der Waals surface area contributed by atoms with Crippen LogP contribution in [0.1, 0.15) is 174 Å². The van der Waals surface area contributed by atoms with E-state index < -0.39 is 86.7 Å². The van der Waals surface area contributed by atoms with Crippen LogP contribution in [-0.4, -0.2) is 142 Å². The minimum absolute atomic E-state index is 0.0611. The summed E-state index contributed by atoms with van der Waals surface area (Å²) in [4.78, 5) is 12.5. The normalized spacial score (nSPS) is 27.8. The van der Waals surface area contributed by atoms with E-state index in [1.165, 1.54) is 122 Å². The first-order valence-electron chi connectivity index (χ1n) is 23.8. The molecule has 0 radical (unpaired) electrons. The Hall–Kier alpha value is -1.27. The zero-order valence-corrected chi connectivity index (χ0v) is 37.2. The Bertz CT molecular complexity index is 1050. The summed E-state index contributed by atoms with van der Waals surface area (Å²) < 4.78 is 33.7. The Balaban J connectivity index is 1.57. The molecular formula is C46H86O14. The van der Waals surface area contributed by atoms with Crippen LogP contribution in [0.2, 0.25) is 0 Å². The van der Waals surface area contributed by atoms with Crippen molar-refractivity contribution >= 4 is 5.97 Å². The molecule has 2 heterocycles. The third-order valence-corrected chi connectivity index (χ3v) is 11.5. The molecule has 2 aliphatic heterocycles. The quantitative estimate of drug-likeness (QED) is 0.0220. The molecule has 0 spiro atoms. The number of carbonyl (C=O) groups excluding carboxylic acids is 1. The molecule has 0 bridgehead atoms. The summed E-state index contributed by atoms with van der Waals surface area (Å²) in [5.41, 5.74) is 0. The van der Waals surface area contributed by atoms with Crippen LogP contribution in [0.4, 0.5) is 0 Å². The third-order valence-electron chi connectivity index (χ3n) is 11.5. The summed E-state index contributed by atoms with van der Waals surface area (Å²) in [6.45, 7) is 3.43. The van der Waals surface area contributed by atoms with E-state index in [1.54, 1.807) is 0 Å². The van der Waals surface area contributed by atoms with Gasteiger partial charge in [0, 0.05) is 13.0 Å². The van der Waals surface area contributed by atoms with E-state index in [-0.39, 0.29) is 19.6 Å². The van der Waals surface area contributed by atoms with Gasteiger partial charge in [0.2, 0.25) is 0 Å². The average molecular weight is 863 g/mol. The molecule has 2 fully saturated rings. The molecule has 2 saturated heterocycles. The first-order valence-corrected chi connectivity index (χ1v) is 23.8. The molecule has 2 aliphatic rings. The van der Waals surface area contributed by atoms with Gasteiger partial charge in [0.1, 0.15) is 54.9 Å². The number of allylic oxidation sites excluding steroid dienone is 2. The maximum absolute atomic E-state index is 12.5. The van der Waals surface area contributed by atoms with Crippen molar-refractivity contribution in [2.45, 2.75) is 242 Å². The molecule has 0 saturated carbocycles. The monoisotopic (exact) mass is 863 g/mol.